The van der Waals surface area contributed by atoms with E-state index in [0.29, 0.717) is 11.4 Å². The van der Waals surface area contributed by atoms with Gasteiger partial charge in [-0.3, -0.25) is 0 Å². The number of furan rings is 1. The van der Waals surface area contributed by atoms with Gasteiger partial charge in [0.1, 0.15) is 17.6 Å². The fourth-order valence-electron chi connectivity index (χ4n) is 2.53. The number of nitrogens with one attached hydrogen (secondary N) is 1. The third kappa shape index (κ3) is 1.27. The van der Waals surface area contributed by atoms with E-state index in [0.717, 1.165) is 32.2 Å². The number of rotatable bonds is 1. The number of anilines is 1. The second kappa shape index (κ2) is 3.17. The fourth-order valence-corrected chi connectivity index (χ4v) is 2.53. The highest BCUT2D eigenvalue weighted by atomic mass is 16.5. The summed E-state index contributed by atoms with van der Waals surface area (Å²) in [7, 11) is 0. The van der Waals surface area contributed by atoms with Crippen LogP contribution in [0.15, 0.2) is 10.7 Å². The summed E-state index contributed by atoms with van der Waals surface area (Å²) in [4.78, 5) is 10.9. The third-order valence-corrected chi connectivity index (χ3v) is 3.37. The molecule has 1 saturated carbocycles. The van der Waals surface area contributed by atoms with Crippen LogP contribution in [-0.2, 0) is 0 Å². The number of carboxylic acid groups (broad SMARTS) is 1. The highest BCUT2D eigenvalue weighted by Crippen LogP contribution is 2.43. The Hall–Kier alpha value is -1.65. The average molecular weight is 223 g/mol. The van der Waals surface area contributed by atoms with Crippen LogP contribution in [0.5, 0.6) is 5.75 Å². The van der Waals surface area contributed by atoms with Gasteiger partial charge in [-0.05, 0) is 25.7 Å². The average Bonchev–Trinajstić information content (AvgIpc) is 2.85. The quantitative estimate of drug-likeness (QED) is 0.762. The lowest BCUT2D eigenvalue weighted by Gasteiger charge is -2.34. The Morgan fingerprint density at radius 2 is 2.19 bits per heavy atom. The summed E-state index contributed by atoms with van der Waals surface area (Å²) in [6, 6.07) is 0. The van der Waals surface area contributed by atoms with Crippen LogP contribution < -0.4 is 10.1 Å². The predicted octanol–water partition coefficient (Wildman–Crippen LogP) is 2.09. The molecule has 0 aromatic carbocycles. The number of aromatic carboxylic acids is 1. The van der Waals surface area contributed by atoms with Gasteiger partial charge in [-0.25, -0.2) is 4.79 Å². The van der Waals surface area contributed by atoms with Gasteiger partial charge in [-0.15, -0.1) is 0 Å². The van der Waals surface area contributed by atoms with Crippen LogP contribution in [-0.4, -0.2) is 23.2 Å². The minimum Gasteiger partial charge on any atom is -0.479 e. The fraction of sp³-hybridized carbons (Fsp3) is 0.545. The minimum absolute atomic E-state index is 0.103. The van der Waals surface area contributed by atoms with Crippen molar-refractivity contribution in [2.45, 2.75) is 31.3 Å². The molecule has 0 amide bonds. The molecule has 16 heavy (non-hydrogen) atoms. The number of carbonyl (C=O) groups is 1. The van der Waals surface area contributed by atoms with Crippen LogP contribution in [0, 0.1) is 0 Å². The van der Waals surface area contributed by atoms with Crippen molar-refractivity contribution in [3.05, 3.63) is 12.0 Å². The molecule has 2 N–H and O–H groups in total. The largest absolute Gasteiger partial charge is 0.479 e. The van der Waals surface area contributed by atoms with Crippen LogP contribution in [0.2, 0.25) is 0 Å². The van der Waals surface area contributed by atoms with Gasteiger partial charge < -0.3 is 19.6 Å². The lowest BCUT2D eigenvalue weighted by atomic mass is 10.0. The van der Waals surface area contributed by atoms with E-state index < -0.39 is 5.97 Å². The molecule has 1 aromatic heterocycles. The maximum atomic E-state index is 10.9. The van der Waals surface area contributed by atoms with Crippen molar-refractivity contribution in [1.82, 2.24) is 0 Å². The zero-order valence-corrected chi connectivity index (χ0v) is 8.78. The van der Waals surface area contributed by atoms with Gasteiger partial charge in [0.15, 0.2) is 5.75 Å². The topological polar surface area (TPSA) is 71.7 Å². The van der Waals surface area contributed by atoms with E-state index in [2.05, 4.69) is 5.32 Å². The first-order chi connectivity index (χ1) is 7.70. The molecular formula is C11H13NO4. The molecule has 86 valence electrons. The third-order valence-electron chi connectivity index (χ3n) is 3.37. The first kappa shape index (κ1) is 9.57. The molecule has 0 saturated heterocycles. The van der Waals surface area contributed by atoms with Gasteiger partial charge >= 0.3 is 5.97 Å². The molecule has 0 atom stereocenters. The lowest BCUT2D eigenvalue weighted by molar-refractivity contribution is 0.0604. The Balaban J connectivity index is 1.97. The molecular weight excluding hydrogens is 210 g/mol. The lowest BCUT2D eigenvalue weighted by Crippen LogP contribution is -2.43. The van der Waals surface area contributed by atoms with Crippen molar-refractivity contribution in [1.29, 1.82) is 0 Å². The van der Waals surface area contributed by atoms with E-state index >= 15 is 0 Å². The zero-order chi connectivity index (χ0) is 11.2. The summed E-state index contributed by atoms with van der Waals surface area (Å²) in [5.74, 6) is -0.827. The van der Waals surface area contributed by atoms with E-state index in [1.807, 2.05) is 0 Å². The Kier molecular flexibility index (Phi) is 1.89. The Morgan fingerprint density at radius 1 is 1.44 bits per heavy atom. The van der Waals surface area contributed by atoms with Crippen LogP contribution in [0.25, 0.3) is 0 Å². The molecule has 1 aromatic rings. The smallest absolute Gasteiger partial charge is 0.375 e. The number of ether oxygens (including phenoxy) is 1. The summed E-state index contributed by atoms with van der Waals surface area (Å²) in [6.45, 7) is 0.735. The molecule has 1 spiro atoms. The Bertz CT molecular complexity index is 431. The molecule has 1 aliphatic heterocycles. The maximum Gasteiger partial charge on any atom is 0.375 e. The number of fused-ring (bicyclic) bond motifs is 1. The maximum absolute atomic E-state index is 10.9. The van der Waals surface area contributed by atoms with Gasteiger partial charge in [0.25, 0.3) is 5.76 Å². The van der Waals surface area contributed by atoms with Crippen molar-refractivity contribution in [3.63, 3.8) is 0 Å². The number of hydrogen-bond donors (Lipinski definition) is 2. The molecule has 1 aliphatic carbocycles. The molecule has 5 nitrogen and oxygen atoms in total. The standard InChI is InChI=1S/C11H13NO4/c13-10(14)9-8-7(5-15-9)12-6-11(16-8)3-1-2-4-11/h5,12H,1-4,6H2,(H,13,14). The molecule has 0 bridgehead atoms. The van der Waals surface area contributed by atoms with Crippen LogP contribution >= 0.6 is 0 Å². The highest BCUT2D eigenvalue weighted by molar-refractivity contribution is 5.90. The van der Waals surface area contributed by atoms with Gasteiger partial charge in [0, 0.05) is 0 Å². The van der Waals surface area contributed by atoms with Crippen LogP contribution in [0.3, 0.4) is 0 Å². The van der Waals surface area contributed by atoms with Crippen LogP contribution in [0.4, 0.5) is 5.69 Å². The summed E-state index contributed by atoms with van der Waals surface area (Å²) >= 11 is 0. The number of carboxylic acids is 1. The molecule has 1 fully saturated rings. The Morgan fingerprint density at radius 3 is 2.88 bits per heavy atom. The Labute approximate surface area is 92.4 Å². The van der Waals surface area contributed by atoms with Gasteiger partial charge in [0.2, 0.25) is 0 Å². The summed E-state index contributed by atoms with van der Waals surface area (Å²) in [5.41, 5.74) is 0.427. The van der Waals surface area contributed by atoms with E-state index in [4.69, 9.17) is 14.3 Å². The summed E-state index contributed by atoms with van der Waals surface area (Å²) in [6.07, 6.45) is 5.63. The van der Waals surface area contributed by atoms with E-state index in [-0.39, 0.29) is 11.4 Å². The van der Waals surface area contributed by atoms with Crippen molar-refractivity contribution in [2.75, 3.05) is 11.9 Å². The van der Waals surface area contributed by atoms with Gasteiger partial charge in [-0.2, -0.15) is 0 Å². The molecule has 2 aliphatic rings. The first-order valence-electron chi connectivity index (χ1n) is 5.48. The van der Waals surface area contributed by atoms with Crippen molar-refractivity contribution in [2.24, 2.45) is 0 Å². The van der Waals surface area contributed by atoms with Crippen molar-refractivity contribution in [3.8, 4) is 5.75 Å². The normalized spacial score (nSPS) is 21.2. The molecule has 5 heteroatoms. The summed E-state index contributed by atoms with van der Waals surface area (Å²) < 4.78 is 10.9. The van der Waals surface area contributed by atoms with Gasteiger partial charge in [-0.1, -0.05) is 0 Å². The van der Waals surface area contributed by atoms with Gasteiger partial charge in [0.05, 0.1) is 6.54 Å². The SMILES string of the molecule is O=C(O)c1occ2c1OC1(CCCC1)CN2. The predicted molar refractivity (Wildman–Crippen MR) is 56.0 cm³/mol. The molecule has 3 rings (SSSR count). The molecule has 2 heterocycles. The molecule has 0 radical (unpaired) electrons. The number of hydrogen-bond acceptors (Lipinski definition) is 4. The zero-order valence-electron chi connectivity index (χ0n) is 8.78. The van der Waals surface area contributed by atoms with E-state index in [1.54, 1.807) is 0 Å². The minimum atomic E-state index is -1.09. The first-order valence-corrected chi connectivity index (χ1v) is 5.48. The highest BCUT2D eigenvalue weighted by Gasteiger charge is 2.41. The van der Waals surface area contributed by atoms with E-state index in [1.165, 1.54) is 6.26 Å². The molecule has 0 unspecified atom stereocenters. The second-order valence-corrected chi connectivity index (χ2v) is 4.46. The van der Waals surface area contributed by atoms with Crippen molar-refractivity contribution < 1.29 is 19.1 Å². The van der Waals surface area contributed by atoms with Crippen LogP contribution in [0.1, 0.15) is 36.2 Å². The van der Waals surface area contributed by atoms with E-state index in [9.17, 15) is 4.79 Å². The monoisotopic (exact) mass is 223 g/mol. The van der Waals surface area contributed by atoms with Crippen molar-refractivity contribution >= 4 is 11.7 Å². The second-order valence-electron chi connectivity index (χ2n) is 4.46. The summed E-state index contributed by atoms with van der Waals surface area (Å²) in [5, 5.41) is 12.1.